The number of unbranched alkanes of at least 4 members (excludes halogenated alkanes) is 10. The Balaban J connectivity index is 0.000000677. The maximum absolute atomic E-state index is 11.1. The molecule has 2 aromatic rings. The van der Waals surface area contributed by atoms with Crippen molar-refractivity contribution in [2.24, 2.45) is 0 Å². The zero-order valence-electron chi connectivity index (χ0n) is 27.6. The molecular formula is C36H50Br2N2O6Sn. The van der Waals surface area contributed by atoms with Crippen molar-refractivity contribution >= 4 is 88.1 Å². The molecule has 4 N–H and O–H groups in total. The van der Waals surface area contributed by atoms with E-state index < -0.39 is 23.8 Å². The summed E-state index contributed by atoms with van der Waals surface area (Å²) in [6, 6.07) is 13.9. The normalized spacial score (nSPS) is 10.5. The second-order valence-electron chi connectivity index (χ2n) is 10.6. The number of rotatable bonds is 20. The van der Waals surface area contributed by atoms with E-state index in [0.29, 0.717) is 11.4 Å². The minimum Gasteiger partial charge on any atom is -0.478 e. The van der Waals surface area contributed by atoms with E-state index in [9.17, 15) is 19.2 Å². The molecule has 0 aromatic heterocycles. The molecule has 2 radical (unpaired) electrons. The Morgan fingerprint density at radius 3 is 1.19 bits per heavy atom. The van der Waals surface area contributed by atoms with Crippen molar-refractivity contribution in [3.8, 4) is 0 Å². The monoisotopic (exact) mass is 884 g/mol. The van der Waals surface area contributed by atoms with Crippen LogP contribution in [0.2, 0.25) is 8.87 Å². The summed E-state index contributed by atoms with van der Waals surface area (Å²) in [5.41, 5.74) is 1.22. The van der Waals surface area contributed by atoms with Gasteiger partial charge in [0.05, 0.1) is 0 Å². The van der Waals surface area contributed by atoms with Gasteiger partial charge in [-0.15, -0.1) is 0 Å². The van der Waals surface area contributed by atoms with Crippen LogP contribution < -0.4 is 10.6 Å². The summed E-state index contributed by atoms with van der Waals surface area (Å²) in [6.07, 6.45) is 21.3. The van der Waals surface area contributed by atoms with E-state index in [2.05, 4.69) is 56.3 Å². The summed E-state index contributed by atoms with van der Waals surface area (Å²) in [5.74, 6) is -3.25. The van der Waals surface area contributed by atoms with E-state index in [1.807, 2.05) is 0 Å². The Bertz CT molecular complexity index is 1110. The van der Waals surface area contributed by atoms with Crippen LogP contribution in [0.25, 0.3) is 0 Å². The fourth-order valence-electron chi connectivity index (χ4n) is 3.91. The van der Waals surface area contributed by atoms with E-state index in [1.165, 1.54) is 64.2 Å². The number of carboxylic acids is 2. The average Bonchev–Trinajstić information content (AvgIpc) is 3.04. The number of nitrogens with one attached hydrogen (secondary N) is 2. The largest absolute Gasteiger partial charge is 0.478 e. The molecule has 0 bridgehead atoms. The fourth-order valence-corrected chi connectivity index (χ4v) is 8.01. The topological polar surface area (TPSA) is 133 Å². The number of aliphatic carboxylic acids is 2. The molecule has 11 heteroatoms. The SMILES string of the molecule is CCCCCCC[CH2][Sn][CH2]CCCCCCC.O=C(O)/C=C/C(=O)Nc1ccc(Br)cc1.O=C(O)/C=C/C(=O)Nc1ccc(Br)cc1. The fraction of sp³-hybridized carbons (Fsp3) is 0.444. The van der Waals surface area contributed by atoms with Gasteiger partial charge in [-0.25, -0.2) is 9.59 Å². The Hall–Kier alpha value is -2.44. The van der Waals surface area contributed by atoms with Crippen molar-refractivity contribution in [3.05, 3.63) is 81.8 Å². The molecular weight excluding hydrogens is 835 g/mol. The van der Waals surface area contributed by atoms with Crippen molar-refractivity contribution < 1.29 is 29.4 Å². The van der Waals surface area contributed by atoms with Crippen LogP contribution in [0.15, 0.2) is 81.8 Å². The van der Waals surface area contributed by atoms with Crippen molar-refractivity contribution in [2.75, 3.05) is 10.6 Å². The van der Waals surface area contributed by atoms with E-state index >= 15 is 0 Å². The van der Waals surface area contributed by atoms with E-state index in [0.717, 1.165) is 33.2 Å². The zero-order valence-corrected chi connectivity index (χ0v) is 33.6. The third kappa shape index (κ3) is 30.6. The molecule has 0 aliphatic rings. The third-order valence-electron chi connectivity index (χ3n) is 6.39. The molecule has 2 aromatic carbocycles. The predicted octanol–water partition coefficient (Wildman–Crippen LogP) is 10.3. The summed E-state index contributed by atoms with van der Waals surface area (Å²) < 4.78 is 5.12. The van der Waals surface area contributed by atoms with Crippen molar-refractivity contribution in [3.63, 3.8) is 0 Å². The molecule has 0 fully saturated rings. The van der Waals surface area contributed by atoms with Gasteiger partial charge in [-0.3, -0.25) is 9.59 Å². The van der Waals surface area contributed by atoms with E-state index in [4.69, 9.17) is 10.2 Å². The van der Waals surface area contributed by atoms with Crippen LogP contribution >= 0.6 is 31.9 Å². The third-order valence-corrected chi connectivity index (χ3v) is 11.5. The summed E-state index contributed by atoms with van der Waals surface area (Å²) in [5, 5.41) is 21.6. The van der Waals surface area contributed by atoms with Gasteiger partial charge in [0.25, 0.3) is 0 Å². The van der Waals surface area contributed by atoms with Crippen LogP contribution in [0.1, 0.15) is 90.9 Å². The molecule has 2 rings (SSSR count). The maximum Gasteiger partial charge on any atom is 0.328 e. The Morgan fingerprint density at radius 1 is 0.553 bits per heavy atom. The molecule has 0 heterocycles. The number of anilines is 2. The summed E-state index contributed by atoms with van der Waals surface area (Å²) in [6.45, 7) is 4.60. The number of carboxylic acid groups (broad SMARTS) is 2. The Morgan fingerprint density at radius 2 is 0.872 bits per heavy atom. The molecule has 258 valence electrons. The van der Waals surface area contributed by atoms with E-state index in [-0.39, 0.29) is 21.1 Å². The summed E-state index contributed by atoms with van der Waals surface area (Å²) in [4.78, 5) is 42.5. The molecule has 0 saturated carbocycles. The number of carbonyl (C=O) groups is 4. The molecule has 0 saturated heterocycles. The first kappa shape index (κ1) is 44.6. The van der Waals surface area contributed by atoms with Crippen LogP contribution in [0.4, 0.5) is 11.4 Å². The number of hydrogen-bond acceptors (Lipinski definition) is 4. The molecule has 0 aliphatic carbocycles. The van der Waals surface area contributed by atoms with Gasteiger partial charge in [0.2, 0.25) is 11.8 Å². The van der Waals surface area contributed by atoms with Gasteiger partial charge in [0.1, 0.15) is 0 Å². The minimum atomic E-state index is -1.15. The zero-order chi connectivity index (χ0) is 35.1. The van der Waals surface area contributed by atoms with Gasteiger partial charge in [-0.2, -0.15) is 0 Å². The minimum absolute atomic E-state index is 0.0736. The molecule has 47 heavy (non-hydrogen) atoms. The van der Waals surface area contributed by atoms with Gasteiger partial charge in [-0.05, 0) is 48.5 Å². The summed E-state index contributed by atoms with van der Waals surface area (Å²) in [7, 11) is 0. The van der Waals surface area contributed by atoms with Crippen molar-refractivity contribution in [2.45, 2.75) is 99.8 Å². The standard InChI is InChI=1S/2C10H8BrNO3.2C8H17.Sn/c2*11-7-1-3-8(4-2-7)12-9(13)5-6-10(14)15;2*1-3-5-7-8-6-4-2;/h2*1-6H,(H,12,13)(H,14,15);2*1,3-8H2,2H3;/b2*6-5+;;;. The first-order valence-electron chi connectivity index (χ1n) is 16.2. The average molecular weight is 885 g/mol. The molecule has 0 aliphatic heterocycles. The van der Waals surface area contributed by atoms with Gasteiger partial charge >= 0.3 is 133 Å². The molecule has 2 amide bonds. The predicted molar refractivity (Wildman–Crippen MR) is 201 cm³/mol. The Labute approximate surface area is 307 Å². The van der Waals surface area contributed by atoms with Crippen LogP contribution in [0, 0.1) is 0 Å². The summed E-state index contributed by atoms with van der Waals surface area (Å²) >= 11 is 6.59. The smallest absolute Gasteiger partial charge is 0.328 e. The maximum atomic E-state index is 11.1. The quantitative estimate of drug-likeness (QED) is 0.0595. The number of benzene rings is 2. The first-order valence-corrected chi connectivity index (χ1v) is 21.8. The molecule has 8 nitrogen and oxygen atoms in total. The van der Waals surface area contributed by atoms with Crippen LogP contribution in [0.3, 0.4) is 0 Å². The van der Waals surface area contributed by atoms with Gasteiger partial charge in [0.15, 0.2) is 0 Å². The van der Waals surface area contributed by atoms with Gasteiger partial charge in [0, 0.05) is 44.6 Å². The first-order chi connectivity index (χ1) is 22.6. The number of carbonyl (C=O) groups excluding carboxylic acids is 2. The van der Waals surface area contributed by atoms with Crippen LogP contribution in [-0.4, -0.2) is 55.1 Å². The number of halogens is 2. The molecule has 0 unspecified atom stereocenters. The second-order valence-corrected chi connectivity index (χ2v) is 16.7. The second kappa shape index (κ2) is 30.9. The molecule has 0 atom stereocenters. The number of hydrogen-bond donors (Lipinski definition) is 4. The van der Waals surface area contributed by atoms with Gasteiger partial charge in [-0.1, -0.05) is 31.9 Å². The van der Waals surface area contributed by atoms with E-state index in [1.54, 1.807) is 70.2 Å². The van der Waals surface area contributed by atoms with Crippen molar-refractivity contribution in [1.82, 2.24) is 0 Å². The van der Waals surface area contributed by atoms with Crippen LogP contribution in [-0.2, 0) is 19.2 Å². The Kier molecular flexibility index (Phi) is 29.3. The van der Waals surface area contributed by atoms with Gasteiger partial charge < -0.3 is 20.8 Å². The van der Waals surface area contributed by atoms with Crippen molar-refractivity contribution in [1.29, 1.82) is 0 Å². The number of amides is 2. The van der Waals surface area contributed by atoms with Crippen LogP contribution in [0.5, 0.6) is 0 Å². The molecule has 0 spiro atoms.